The summed E-state index contributed by atoms with van der Waals surface area (Å²) in [6.45, 7) is 8.74. The Morgan fingerprint density at radius 3 is 2.85 bits per heavy atom. The number of quaternary nitrogens is 1. The van der Waals surface area contributed by atoms with Crippen LogP contribution in [0.1, 0.15) is 54.1 Å². The monoisotopic (exact) mass is 397 g/mol. The number of anilines is 1. The van der Waals surface area contributed by atoms with E-state index in [9.17, 15) is 10.1 Å². The number of thiophene rings is 1. The van der Waals surface area contributed by atoms with Gasteiger partial charge in [0, 0.05) is 12.0 Å². The van der Waals surface area contributed by atoms with Crippen LogP contribution in [-0.4, -0.2) is 16.4 Å². The fraction of sp³-hybridized carbons (Fsp3) is 0.350. The van der Waals surface area contributed by atoms with Crippen molar-refractivity contribution in [3.05, 3.63) is 45.3 Å². The van der Waals surface area contributed by atoms with Gasteiger partial charge in [0.05, 0.1) is 31.7 Å². The van der Waals surface area contributed by atoms with Crippen LogP contribution in [0.25, 0.3) is 10.2 Å². The van der Waals surface area contributed by atoms with E-state index in [1.54, 1.807) is 11.6 Å². The van der Waals surface area contributed by atoms with Crippen LogP contribution in [-0.2, 0) is 12.0 Å². The van der Waals surface area contributed by atoms with Crippen LogP contribution in [0, 0.1) is 11.3 Å². The van der Waals surface area contributed by atoms with E-state index in [0.717, 1.165) is 22.2 Å². The summed E-state index contributed by atoms with van der Waals surface area (Å²) in [6, 6.07) is 7.81. The Morgan fingerprint density at radius 2 is 2.11 bits per heavy atom. The molecule has 3 aromatic rings. The summed E-state index contributed by atoms with van der Waals surface area (Å²) >= 11 is 3.04. The second-order valence-electron chi connectivity index (χ2n) is 8.25. The van der Waals surface area contributed by atoms with E-state index in [2.05, 4.69) is 49.4 Å². The molecule has 0 saturated heterocycles. The van der Waals surface area contributed by atoms with Crippen molar-refractivity contribution in [2.45, 2.75) is 45.2 Å². The summed E-state index contributed by atoms with van der Waals surface area (Å²) in [4.78, 5) is 18.2. The van der Waals surface area contributed by atoms with Crippen LogP contribution in [0.5, 0.6) is 0 Å². The van der Waals surface area contributed by atoms with Crippen molar-refractivity contribution in [2.24, 2.45) is 0 Å². The number of nitriles is 1. The maximum atomic E-state index is 12.8. The van der Waals surface area contributed by atoms with Crippen LogP contribution in [0.2, 0.25) is 0 Å². The first kappa shape index (κ1) is 18.1. The smallest absolute Gasteiger partial charge is 0.256 e. The molecule has 1 amide bonds. The molecule has 0 spiro atoms. The van der Waals surface area contributed by atoms with Gasteiger partial charge >= 0.3 is 0 Å². The molecule has 3 N–H and O–H groups in total. The first-order chi connectivity index (χ1) is 12.7. The highest BCUT2D eigenvalue weighted by Gasteiger charge is 2.44. The SMILES string of the molecule is CC1(C)Cc2c(sc(NC(=O)c3ccc4ncsc4c3)c2C#N)C(C)(C)[NH2+]1. The number of carbonyl (C=O) groups is 1. The van der Waals surface area contributed by atoms with E-state index in [0.29, 0.717) is 16.1 Å². The maximum absolute atomic E-state index is 12.8. The third-order valence-electron chi connectivity index (χ3n) is 4.91. The minimum atomic E-state index is -0.193. The third-order valence-corrected chi connectivity index (χ3v) is 7.19. The van der Waals surface area contributed by atoms with Crippen LogP contribution < -0.4 is 10.6 Å². The second kappa shape index (κ2) is 6.13. The van der Waals surface area contributed by atoms with E-state index in [-0.39, 0.29) is 17.0 Å². The van der Waals surface area contributed by atoms with Gasteiger partial charge in [-0.25, -0.2) is 4.98 Å². The Hall–Kier alpha value is -2.27. The summed E-state index contributed by atoms with van der Waals surface area (Å²) in [5.74, 6) is -0.193. The molecule has 0 radical (unpaired) electrons. The predicted molar refractivity (Wildman–Crippen MR) is 109 cm³/mol. The molecule has 1 aliphatic rings. The summed E-state index contributed by atoms with van der Waals surface area (Å²) < 4.78 is 0.978. The fourth-order valence-corrected chi connectivity index (χ4v) is 6.04. The van der Waals surface area contributed by atoms with Gasteiger partial charge in [-0.3, -0.25) is 4.79 Å². The molecular weight excluding hydrogens is 376 g/mol. The Morgan fingerprint density at radius 1 is 1.33 bits per heavy atom. The Labute approximate surface area is 166 Å². The average molecular weight is 398 g/mol. The van der Waals surface area contributed by atoms with Crippen LogP contribution in [0.3, 0.4) is 0 Å². The highest BCUT2D eigenvalue weighted by atomic mass is 32.1. The Kier molecular flexibility index (Phi) is 4.11. The minimum absolute atomic E-state index is 0.0155. The number of carbonyl (C=O) groups excluding carboxylic acids is 1. The molecule has 0 atom stereocenters. The molecule has 4 rings (SSSR count). The third kappa shape index (κ3) is 3.14. The molecule has 3 heterocycles. The highest BCUT2D eigenvalue weighted by Crippen LogP contribution is 2.41. The lowest BCUT2D eigenvalue weighted by molar-refractivity contribution is -0.789. The highest BCUT2D eigenvalue weighted by molar-refractivity contribution is 7.17. The van der Waals surface area contributed by atoms with Crippen LogP contribution in [0.15, 0.2) is 23.7 Å². The maximum Gasteiger partial charge on any atom is 0.256 e. The number of nitrogens with two attached hydrogens (primary N) is 1. The van der Waals surface area contributed by atoms with Crippen LogP contribution >= 0.6 is 22.7 Å². The van der Waals surface area contributed by atoms with Gasteiger partial charge in [-0.05, 0) is 51.5 Å². The molecule has 0 bridgehead atoms. The number of fused-ring (bicyclic) bond motifs is 2. The quantitative estimate of drug-likeness (QED) is 0.693. The lowest BCUT2D eigenvalue weighted by atomic mass is 9.81. The van der Waals surface area contributed by atoms with Crippen molar-refractivity contribution >= 4 is 43.8 Å². The molecule has 5 nitrogen and oxygen atoms in total. The molecule has 2 aromatic heterocycles. The number of nitrogens with one attached hydrogen (secondary N) is 1. The number of aromatic nitrogens is 1. The van der Waals surface area contributed by atoms with Gasteiger partial charge in [0.2, 0.25) is 0 Å². The van der Waals surface area contributed by atoms with Crippen molar-refractivity contribution in [2.75, 3.05) is 5.32 Å². The first-order valence-electron chi connectivity index (χ1n) is 8.78. The molecule has 138 valence electrons. The van der Waals surface area contributed by atoms with Gasteiger partial charge in [0.1, 0.15) is 16.6 Å². The minimum Gasteiger partial charge on any atom is -0.333 e. The van der Waals surface area contributed by atoms with Crippen molar-refractivity contribution in [1.82, 2.24) is 4.98 Å². The zero-order valence-electron chi connectivity index (χ0n) is 15.7. The number of benzene rings is 1. The van der Waals surface area contributed by atoms with Crippen molar-refractivity contribution < 1.29 is 10.1 Å². The number of amides is 1. The molecule has 0 unspecified atom stereocenters. The number of nitrogens with zero attached hydrogens (tertiary/aromatic N) is 2. The summed E-state index contributed by atoms with van der Waals surface area (Å²) in [6.07, 6.45) is 0.813. The second-order valence-corrected chi connectivity index (χ2v) is 10.2. The zero-order chi connectivity index (χ0) is 19.4. The molecule has 7 heteroatoms. The number of hydrogen-bond acceptors (Lipinski definition) is 5. The van der Waals surface area contributed by atoms with Crippen molar-refractivity contribution in [1.29, 1.82) is 5.26 Å². The molecular formula is C20H21N4OS2+. The average Bonchev–Trinajstić information content (AvgIpc) is 3.16. The lowest BCUT2D eigenvalue weighted by Gasteiger charge is -2.38. The van der Waals surface area contributed by atoms with Crippen molar-refractivity contribution in [3.63, 3.8) is 0 Å². The van der Waals surface area contributed by atoms with Gasteiger partial charge in [0.25, 0.3) is 5.91 Å². The summed E-state index contributed by atoms with van der Waals surface area (Å²) in [5, 5.41) is 15.8. The molecule has 27 heavy (non-hydrogen) atoms. The van der Waals surface area contributed by atoms with Gasteiger partial charge in [-0.15, -0.1) is 22.7 Å². The summed E-state index contributed by atoms with van der Waals surface area (Å²) in [5.41, 5.74) is 4.81. The molecule has 0 saturated carbocycles. The van der Waals surface area contributed by atoms with Crippen LogP contribution in [0.4, 0.5) is 5.00 Å². The number of thiazole rings is 1. The number of rotatable bonds is 2. The number of hydrogen-bond donors (Lipinski definition) is 2. The van der Waals surface area contributed by atoms with Gasteiger partial charge < -0.3 is 10.6 Å². The predicted octanol–water partition coefficient (Wildman–Crippen LogP) is 3.61. The van der Waals surface area contributed by atoms with Gasteiger partial charge in [-0.1, -0.05) is 0 Å². The van der Waals surface area contributed by atoms with Gasteiger partial charge in [-0.2, -0.15) is 5.26 Å². The Balaban J connectivity index is 1.71. The largest absolute Gasteiger partial charge is 0.333 e. The van der Waals surface area contributed by atoms with E-state index in [1.807, 2.05) is 12.1 Å². The van der Waals surface area contributed by atoms with Gasteiger partial charge in [0.15, 0.2) is 0 Å². The zero-order valence-corrected chi connectivity index (χ0v) is 17.3. The molecule has 0 aliphatic carbocycles. The van der Waals surface area contributed by atoms with E-state index >= 15 is 0 Å². The lowest BCUT2D eigenvalue weighted by Crippen LogP contribution is -3.03. The van der Waals surface area contributed by atoms with E-state index in [4.69, 9.17) is 0 Å². The normalized spacial score (nSPS) is 17.3. The fourth-order valence-electron chi connectivity index (χ4n) is 4.08. The first-order valence-corrected chi connectivity index (χ1v) is 10.5. The summed E-state index contributed by atoms with van der Waals surface area (Å²) in [7, 11) is 0. The molecule has 1 aromatic carbocycles. The van der Waals surface area contributed by atoms with Crippen molar-refractivity contribution in [3.8, 4) is 6.07 Å². The molecule has 0 fully saturated rings. The molecule has 1 aliphatic heterocycles. The standard InChI is InChI=1S/C20H20N4OS2/c1-19(2)8-12-13(9-21)18(27-16(12)20(3,4)24-19)23-17(25)11-5-6-14-15(7-11)26-10-22-14/h5-7,10,24H,8H2,1-4H3,(H,23,25)/p+1. The van der Waals surface area contributed by atoms with E-state index in [1.165, 1.54) is 27.6 Å². The van der Waals surface area contributed by atoms with E-state index < -0.39 is 0 Å². The topological polar surface area (TPSA) is 82.4 Å². The Bertz CT molecular complexity index is 1100.